The number of rotatable bonds is 1. The number of hydrogen-bond donors (Lipinski definition) is 2. The molecule has 1 aromatic heterocycles. The Morgan fingerprint density at radius 1 is 0.857 bits per heavy atom. The Morgan fingerprint density at radius 3 is 2.40 bits per heavy atom. The van der Waals surface area contributed by atoms with E-state index in [1.807, 2.05) is 30.3 Å². The monoisotopic (exact) mass is 479 g/mol. The highest BCUT2D eigenvalue weighted by molar-refractivity contribution is 6.54. The molecule has 1 atom stereocenters. The molecule has 8 heteroatoms. The Labute approximate surface area is 203 Å². The highest BCUT2D eigenvalue weighted by atomic mass is 35.5. The fourth-order valence-electron chi connectivity index (χ4n) is 5.36. The number of Topliss-reactive ketones (excluding diaryl/α,β-unsaturated/α-hetero) is 2. The smallest absolute Gasteiger partial charge is 0.244 e. The molecule has 1 aliphatic carbocycles. The number of halogens is 1. The van der Waals surface area contributed by atoms with Crippen molar-refractivity contribution in [2.75, 3.05) is 5.32 Å². The number of benzene rings is 3. The maximum absolute atomic E-state index is 14.0. The Morgan fingerprint density at radius 2 is 1.60 bits per heavy atom. The van der Waals surface area contributed by atoms with E-state index in [0.717, 1.165) is 5.56 Å². The minimum absolute atomic E-state index is 0.0224. The number of hydrogen-bond acceptors (Lipinski definition) is 5. The van der Waals surface area contributed by atoms with Gasteiger partial charge in [-0.3, -0.25) is 19.5 Å². The van der Waals surface area contributed by atoms with Gasteiger partial charge in [-0.2, -0.15) is 0 Å². The quantitative estimate of drug-likeness (QED) is 0.390. The lowest BCUT2D eigenvalue weighted by atomic mass is 9.64. The van der Waals surface area contributed by atoms with Gasteiger partial charge in [0.05, 0.1) is 16.8 Å². The number of anilines is 1. The molecular weight excluding hydrogens is 466 g/mol. The Bertz CT molecular complexity index is 1670. The van der Waals surface area contributed by atoms with Crippen molar-refractivity contribution in [2.24, 2.45) is 0 Å². The molecule has 168 valence electrons. The zero-order valence-corrected chi connectivity index (χ0v) is 18.6. The number of fused-ring (bicyclic) bond motifs is 7. The van der Waals surface area contributed by atoms with E-state index in [0.29, 0.717) is 33.1 Å². The highest BCUT2D eigenvalue weighted by Crippen LogP contribution is 2.58. The molecule has 2 aliphatic heterocycles. The first kappa shape index (κ1) is 19.9. The average Bonchev–Trinajstić information content (AvgIpc) is 3.42. The summed E-state index contributed by atoms with van der Waals surface area (Å²) in [5, 5.41) is 10.7. The summed E-state index contributed by atoms with van der Waals surface area (Å²) in [7, 11) is 0. The van der Waals surface area contributed by atoms with Gasteiger partial charge in [0.1, 0.15) is 11.2 Å². The van der Waals surface area contributed by atoms with Crippen LogP contribution in [0.3, 0.4) is 0 Å². The van der Waals surface area contributed by atoms with Gasteiger partial charge in [-0.15, -0.1) is 5.10 Å². The minimum atomic E-state index is -1.67. The molecule has 3 aromatic carbocycles. The fraction of sp³-hybridized carbons (Fsp3) is 0.0370. The van der Waals surface area contributed by atoms with Crippen LogP contribution in [0.5, 0.6) is 5.88 Å². The molecular formula is C27H14ClN3O4. The topological polar surface area (TPSA) is 101 Å². The van der Waals surface area contributed by atoms with Crippen LogP contribution in [0.2, 0.25) is 5.02 Å². The second kappa shape index (κ2) is 6.77. The summed E-state index contributed by atoms with van der Waals surface area (Å²) in [5.74, 6) is -1.64. The van der Waals surface area contributed by atoms with Crippen LogP contribution in [0.1, 0.15) is 27.0 Å². The van der Waals surface area contributed by atoms with Gasteiger partial charge >= 0.3 is 0 Å². The van der Waals surface area contributed by atoms with Crippen LogP contribution in [0.25, 0.3) is 17.0 Å². The van der Waals surface area contributed by atoms with E-state index < -0.39 is 22.9 Å². The van der Waals surface area contributed by atoms with E-state index >= 15 is 0 Å². The normalized spacial score (nSPS) is 19.6. The van der Waals surface area contributed by atoms with Crippen molar-refractivity contribution in [1.29, 1.82) is 0 Å². The molecule has 3 aliphatic rings. The van der Waals surface area contributed by atoms with Crippen LogP contribution in [0, 0.1) is 0 Å². The van der Waals surface area contributed by atoms with Gasteiger partial charge in [0, 0.05) is 33.0 Å². The predicted octanol–water partition coefficient (Wildman–Crippen LogP) is 4.54. The van der Waals surface area contributed by atoms with Crippen molar-refractivity contribution in [1.82, 2.24) is 10.2 Å². The lowest BCUT2D eigenvalue weighted by Crippen LogP contribution is -2.47. The molecule has 35 heavy (non-hydrogen) atoms. The first-order valence-corrected chi connectivity index (χ1v) is 11.3. The number of ether oxygens (including phenoxy) is 1. The number of ketones is 2. The molecule has 1 unspecified atom stereocenters. The highest BCUT2D eigenvalue weighted by Gasteiger charge is 2.62. The van der Waals surface area contributed by atoms with Crippen LogP contribution in [-0.4, -0.2) is 27.7 Å². The van der Waals surface area contributed by atoms with Gasteiger partial charge in [0.2, 0.25) is 23.4 Å². The first-order valence-electron chi connectivity index (χ1n) is 10.9. The van der Waals surface area contributed by atoms with Crippen molar-refractivity contribution in [2.45, 2.75) is 5.41 Å². The Kier molecular flexibility index (Phi) is 3.86. The number of carbonyl (C=O) groups excluding carboxylic acids is 3. The van der Waals surface area contributed by atoms with Gasteiger partial charge < -0.3 is 10.1 Å². The van der Waals surface area contributed by atoms with Gasteiger partial charge in [-0.05, 0) is 12.1 Å². The second-order valence-electron chi connectivity index (χ2n) is 8.55. The fourth-order valence-corrected chi connectivity index (χ4v) is 5.54. The molecule has 4 aromatic rings. The number of carbonyl (C=O) groups is 3. The number of aromatic nitrogens is 2. The molecule has 3 heterocycles. The van der Waals surface area contributed by atoms with Gasteiger partial charge in [-0.1, -0.05) is 72.3 Å². The molecule has 0 fully saturated rings. The van der Waals surface area contributed by atoms with Crippen LogP contribution in [0.4, 0.5) is 5.69 Å². The van der Waals surface area contributed by atoms with Crippen molar-refractivity contribution in [3.8, 4) is 17.1 Å². The lowest BCUT2D eigenvalue weighted by molar-refractivity contribution is -0.121. The molecule has 7 rings (SSSR count). The summed E-state index contributed by atoms with van der Waals surface area (Å²) in [6, 6.07) is 21.0. The van der Waals surface area contributed by atoms with Gasteiger partial charge in [0.15, 0.2) is 0 Å². The number of amides is 1. The summed E-state index contributed by atoms with van der Waals surface area (Å²) in [6.07, 6.45) is 0. The first-order chi connectivity index (χ1) is 17.0. The van der Waals surface area contributed by atoms with Crippen LogP contribution < -0.4 is 10.1 Å². The minimum Gasteiger partial charge on any atom is -0.436 e. The maximum atomic E-state index is 14.0. The molecule has 2 N–H and O–H groups in total. The number of nitrogens with one attached hydrogen (secondary N) is 2. The summed E-state index contributed by atoms with van der Waals surface area (Å²) in [5.41, 5.74) is 1.58. The number of H-pyrrole nitrogens is 1. The van der Waals surface area contributed by atoms with Crippen LogP contribution in [0.15, 0.2) is 78.4 Å². The maximum Gasteiger partial charge on any atom is 0.244 e. The molecule has 0 radical (unpaired) electrons. The Hall–Kier alpha value is -4.49. The molecule has 1 amide bonds. The molecule has 1 spiro atoms. The second-order valence-corrected chi connectivity index (χ2v) is 8.99. The lowest BCUT2D eigenvalue weighted by Gasteiger charge is -2.37. The van der Waals surface area contributed by atoms with Crippen molar-refractivity contribution in [3.63, 3.8) is 0 Å². The summed E-state index contributed by atoms with van der Waals surface area (Å²) >= 11 is 6.23. The van der Waals surface area contributed by atoms with E-state index in [1.165, 1.54) is 0 Å². The average molecular weight is 480 g/mol. The van der Waals surface area contributed by atoms with Gasteiger partial charge in [0.25, 0.3) is 0 Å². The summed E-state index contributed by atoms with van der Waals surface area (Å²) in [6.45, 7) is 0. The molecule has 7 nitrogen and oxygen atoms in total. The zero-order valence-electron chi connectivity index (χ0n) is 17.9. The van der Waals surface area contributed by atoms with Crippen molar-refractivity contribution < 1.29 is 19.1 Å². The predicted molar refractivity (Wildman–Crippen MR) is 128 cm³/mol. The third kappa shape index (κ3) is 2.40. The number of nitrogens with zero attached hydrogens (tertiary/aromatic N) is 1. The Balaban J connectivity index is 1.65. The standard InChI is InChI=1S/C27H14ClN3O4/c28-14-10-11-17-18(12-14)29-26(34)27(17)19-21(13-6-2-1-3-7-13)30-31-25(19)35-24-16-9-5-4-8-15(16)22(32)23(33)20(24)27/h1-12H,(H,29,34)(H,30,31). The van der Waals surface area contributed by atoms with Crippen LogP contribution >= 0.6 is 11.6 Å². The van der Waals surface area contributed by atoms with E-state index in [-0.39, 0.29) is 22.8 Å². The molecule has 0 saturated carbocycles. The number of aromatic amines is 1. The van der Waals surface area contributed by atoms with E-state index in [2.05, 4.69) is 15.5 Å². The summed E-state index contributed by atoms with van der Waals surface area (Å²) < 4.78 is 6.22. The van der Waals surface area contributed by atoms with Crippen molar-refractivity contribution in [3.05, 3.63) is 106 Å². The van der Waals surface area contributed by atoms with Crippen LogP contribution in [-0.2, 0) is 15.0 Å². The van der Waals surface area contributed by atoms with E-state index in [4.69, 9.17) is 16.3 Å². The molecule has 0 bridgehead atoms. The SMILES string of the molecule is O=C1C(=O)c2ccccc2C2=C1C1(C(=O)Nc3cc(Cl)ccc31)c1c(n[nH]c1-c1ccccc1)O2. The van der Waals surface area contributed by atoms with E-state index in [1.54, 1.807) is 42.5 Å². The summed E-state index contributed by atoms with van der Waals surface area (Å²) in [4.78, 5) is 41.1. The van der Waals surface area contributed by atoms with Gasteiger partial charge in [-0.25, -0.2) is 0 Å². The third-order valence-electron chi connectivity index (χ3n) is 6.80. The van der Waals surface area contributed by atoms with E-state index in [9.17, 15) is 14.4 Å². The van der Waals surface area contributed by atoms with Crippen molar-refractivity contribution >= 4 is 40.5 Å². The zero-order chi connectivity index (χ0) is 23.9. The largest absolute Gasteiger partial charge is 0.436 e. The third-order valence-corrected chi connectivity index (χ3v) is 7.03. The molecule has 0 saturated heterocycles.